The summed E-state index contributed by atoms with van der Waals surface area (Å²) in [5.41, 5.74) is 0. The molecule has 0 saturated carbocycles. The van der Waals surface area contributed by atoms with Crippen LogP contribution in [0.25, 0.3) is 0 Å². The molecule has 1 heterocycles. The number of hydrogen-bond acceptors (Lipinski definition) is 3. The van der Waals surface area contributed by atoms with E-state index in [-0.39, 0.29) is 11.9 Å². The first-order valence-electron chi connectivity index (χ1n) is 6.35. The first-order chi connectivity index (χ1) is 8.41. The Morgan fingerprint density at radius 1 is 1.44 bits per heavy atom. The summed E-state index contributed by atoms with van der Waals surface area (Å²) in [5.74, 6) is -1.15. The number of nitrogens with one attached hydrogen (secondary N) is 1. The van der Waals surface area contributed by atoms with Crippen molar-refractivity contribution in [3.8, 4) is 0 Å². The predicted octanol–water partition coefficient (Wildman–Crippen LogP) is 0.509. The molecule has 0 aliphatic carbocycles. The maximum Gasteiger partial charge on any atom is 0.317 e. The fourth-order valence-corrected chi connectivity index (χ4v) is 2.00. The Hall–Kier alpha value is -1.30. The number of likely N-dealkylation sites (tertiary alicyclic amines) is 1. The van der Waals surface area contributed by atoms with E-state index in [9.17, 15) is 14.7 Å². The Balaban J connectivity index is 2.24. The third-order valence-corrected chi connectivity index (χ3v) is 3.47. The third kappa shape index (κ3) is 4.18. The molecule has 104 valence electrons. The van der Waals surface area contributed by atoms with Gasteiger partial charge >= 0.3 is 12.0 Å². The molecule has 1 rings (SSSR count). The van der Waals surface area contributed by atoms with Crippen LogP contribution < -0.4 is 5.32 Å². The van der Waals surface area contributed by atoms with Crippen molar-refractivity contribution in [2.24, 2.45) is 11.8 Å². The maximum absolute atomic E-state index is 11.8. The average Bonchev–Trinajstić information content (AvgIpc) is 2.77. The standard InChI is InChI=1S/C12H22N2O4/c1-8(11(16)17)3-5-13-12(18)14-6-4-10(7-14)9(2)15/h8-10,15H,3-7H2,1-2H3,(H,13,18)(H,16,17). The molecule has 18 heavy (non-hydrogen) atoms. The van der Waals surface area contributed by atoms with Gasteiger partial charge in [-0.15, -0.1) is 0 Å². The number of carboxylic acids is 1. The van der Waals surface area contributed by atoms with E-state index in [0.717, 1.165) is 6.42 Å². The highest BCUT2D eigenvalue weighted by molar-refractivity contribution is 5.74. The molecule has 0 bridgehead atoms. The van der Waals surface area contributed by atoms with Gasteiger partial charge in [-0.1, -0.05) is 6.92 Å². The minimum Gasteiger partial charge on any atom is -0.481 e. The number of hydrogen-bond donors (Lipinski definition) is 3. The Labute approximate surface area is 107 Å². The molecule has 0 spiro atoms. The monoisotopic (exact) mass is 258 g/mol. The molecule has 1 aliphatic rings. The van der Waals surface area contributed by atoms with Crippen LogP contribution in [0.3, 0.4) is 0 Å². The predicted molar refractivity (Wildman–Crippen MR) is 66.2 cm³/mol. The molecule has 3 N–H and O–H groups in total. The Morgan fingerprint density at radius 3 is 2.61 bits per heavy atom. The van der Waals surface area contributed by atoms with Gasteiger partial charge in [0, 0.05) is 25.6 Å². The van der Waals surface area contributed by atoms with E-state index in [0.29, 0.717) is 26.1 Å². The van der Waals surface area contributed by atoms with Crippen molar-refractivity contribution in [3.63, 3.8) is 0 Å². The second-order valence-electron chi connectivity index (χ2n) is 5.00. The van der Waals surface area contributed by atoms with Gasteiger partial charge in [0.1, 0.15) is 0 Å². The Bertz CT molecular complexity index is 306. The SMILES string of the molecule is CC(CCNC(=O)N1CCC(C(C)O)C1)C(=O)O. The fraction of sp³-hybridized carbons (Fsp3) is 0.833. The molecule has 1 fully saturated rings. The molecule has 0 aromatic heterocycles. The average molecular weight is 258 g/mol. The van der Waals surface area contributed by atoms with Crippen LogP contribution in [-0.2, 0) is 4.79 Å². The van der Waals surface area contributed by atoms with Crippen molar-refractivity contribution in [2.45, 2.75) is 32.8 Å². The molecule has 2 amide bonds. The van der Waals surface area contributed by atoms with E-state index in [1.165, 1.54) is 0 Å². The van der Waals surface area contributed by atoms with Crippen LogP contribution >= 0.6 is 0 Å². The van der Waals surface area contributed by atoms with Gasteiger partial charge in [-0.3, -0.25) is 4.79 Å². The van der Waals surface area contributed by atoms with Crippen LogP contribution in [0.5, 0.6) is 0 Å². The van der Waals surface area contributed by atoms with Crippen LogP contribution in [0.15, 0.2) is 0 Å². The van der Waals surface area contributed by atoms with Crippen LogP contribution in [-0.4, -0.2) is 52.9 Å². The zero-order chi connectivity index (χ0) is 13.7. The minimum atomic E-state index is -0.848. The van der Waals surface area contributed by atoms with Crippen LogP contribution in [0, 0.1) is 11.8 Å². The molecule has 3 atom stereocenters. The van der Waals surface area contributed by atoms with E-state index in [1.54, 1.807) is 18.7 Å². The van der Waals surface area contributed by atoms with Gasteiger partial charge in [-0.25, -0.2) is 4.79 Å². The second kappa shape index (κ2) is 6.58. The van der Waals surface area contributed by atoms with E-state index in [4.69, 9.17) is 5.11 Å². The first kappa shape index (κ1) is 14.8. The molecule has 1 saturated heterocycles. The van der Waals surface area contributed by atoms with Crippen molar-refractivity contribution in [1.82, 2.24) is 10.2 Å². The molecule has 1 aliphatic heterocycles. The highest BCUT2D eigenvalue weighted by Gasteiger charge is 2.28. The molecule has 3 unspecified atom stereocenters. The van der Waals surface area contributed by atoms with E-state index in [2.05, 4.69) is 5.32 Å². The third-order valence-electron chi connectivity index (χ3n) is 3.47. The molecule has 6 heteroatoms. The summed E-state index contributed by atoms with van der Waals surface area (Å²) in [5, 5.41) is 20.9. The number of nitrogens with zero attached hydrogens (tertiary/aromatic N) is 1. The van der Waals surface area contributed by atoms with Gasteiger partial charge in [-0.2, -0.15) is 0 Å². The number of aliphatic hydroxyl groups is 1. The molecule has 6 nitrogen and oxygen atoms in total. The lowest BCUT2D eigenvalue weighted by Crippen LogP contribution is -2.40. The zero-order valence-electron chi connectivity index (χ0n) is 10.9. The number of urea groups is 1. The lowest BCUT2D eigenvalue weighted by molar-refractivity contribution is -0.141. The van der Waals surface area contributed by atoms with Gasteiger partial charge in [0.25, 0.3) is 0 Å². The second-order valence-corrected chi connectivity index (χ2v) is 5.00. The van der Waals surface area contributed by atoms with Crippen molar-refractivity contribution in [2.75, 3.05) is 19.6 Å². The topological polar surface area (TPSA) is 89.9 Å². The van der Waals surface area contributed by atoms with Crippen molar-refractivity contribution < 1.29 is 19.8 Å². The van der Waals surface area contributed by atoms with E-state index in [1.807, 2.05) is 0 Å². The van der Waals surface area contributed by atoms with Gasteiger partial charge in [0.2, 0.25) is 0 Å². The summed E-state index contributed by atoms with van der Waals surface area (Å²) in [6.45, 7) is 4.93. The van der Waals surface area contributed by atoms with Crippen molar-refractivity contribution in [3.05, 3.63) is 0 Å². The largest absolute Gasteiger partial charge is 0.481 e. The highest BCUT2D eigenvalue weighted by Crippen LogP contribution is 2.19. The summed E-state index contributed by atoms with van der Waals surface area (Å²) in [7, 11) is 0. The van der Waals surface area contributed by atoms with Gasteiger partial charge in [0.15, 0.2) is 0 Å². The lowest BCUT2D eigenvalue weighted by atomic mass is 10.0. The summed E-state index contributed by atoms with van der Waals surface area (Å²) in [6.07, 6.45) is 0.848. The summed E-state index contributed by atoms with van der Waals surface area (Å²) in [6, 6.07) is -0.171. The molecular weight excluding hydrogens is 236 g/mol. The van der Waals surface area contributed by atoms with Crippen LogP contribution in [0.4, 0.5) is 4.79 Å². The molecular formula is C12H22N2O4. The maximum atomic E-state index is 11.8. The molecule has 0 aromatic rings. The van der Waals surface area contributed by atoms with E-state index >= 15 is 0 Å². The van der Waals surface area contributed by atoms with Gasteiger partial charge in [0.05, 0.1) is 12.0 Å². The number of carbonyl (C=O) groups excluding carboxylic acids is 1. The molecule has 0 aromatic carbocycles. The van der Waals surface area contributed by atoms with Crippen molar-refractivity contribution in [1.29, 1.82) is 0 Å². The Kier molecular flexibility index (Phi) is 5.40. The highest BCUT2D eigenvalue weighted by atomic mass is 16.4. The fourth-order valence-electron chi connectivity index (χ4n) is 2.00. The lowest BCUT2D eigenvalue weighted by Gasteiger charge is -2.18. The van der Waals surface area contributed by atoms with Gasteiger partial charge < -0.3 is 20.4 Å². The summed E-state index contributed by atoms with van der Waals surface area (Å²) in [4.78, 5) is 24.0. The number of carboxylic acid groups (broad SMARTS) is 1. The van der Waals surface area contributed by atoms with E-state index < -0.39 is 18.0 Å². The number of carbonyl (C=O) groups is 2. The number of amides is 2. The first-order valence-corrected chi connectivity index (χ1v) is 6.35. The van der Waals surface area contributed by atoms with Crippen molar-refractivity contribution >= 4 is 12.0 Å². The summed E-state index contributed by atoms with van der Waals surface area (Å²) < 4.78 is 0. The van der Waals surface area contributed by atoms with Crippen LogP contribution in [0.1, 0.15) is 26.7 Å². The minimum absolute atomic E-state index is 0.147. The van der Waals surface area contributed by atoms with Gasteiger partial charge in [-0.05, 0) is 19.8 Å². The number of rotatable bonds is 5. The smallest absolute Gasteiger partial charge is 0.317 e. The molecule has 0 radical (unpaired) electrons. The quantitative estimate of drug-likeness (QED) is 0.670. The van der Waals surface area contributed by atoms with Crippen LogP contribution in [0.2, 0.25) is 0 Å². The Morgan fingerprint density at radius 2 is 2.11 bits per heavy atom. The summed E-state index contributed by atoms with van der Waals surface area (Å²) >= 11 is 0. The normalized spacial score (nSPS) is 22.6. The number of aliphatic hydroxyl groups excluding tert-OH is 1. The zero-order valence-corrected chi connectivity index (χ0v) is 10.9. The number of aliphatic carboxylic acids is 1.